The van der Waals surface area contributed by atoms with Crippen molar-refractivity contribution < 1.29 is 22.1 Å². The quantitative estimate of drug-likeness (QED) is 0.800. The number of halogens is 3. The third kappa shape index (κ3) is 4.33. The van der Waals surface area contributed by atoms with Crippen LogP contribution in [0.3, 0.4) is 0 Å². The molecule has 20 heavy (non-hydrogen) atoms. The van der Waals surface area contributed by atoms with Gasteiger partial charge in [0.25, 0.3) is 0 Å². The molecule has 0 radical (unpaired) electrons. The number of hydrogen-bond donors (Lipinski definition) is 0. The van der Waals surface area contributed by atoms with Gasteiger partial charge in [-0.25, -0.2) is 4.21 Å². The number of rotatable bonds is 3. The minimum atomic E-state index is -4.50. The minimum absolute atomic E-state index is 0.172. The van der Waals surface area contributed by atoms with Crippen LogP contribution in [-0.4, -0.2) is 22.3 Å². The van der Waals surface area contributed by atoms with Crippen LogP contribution in [0, 0.1) is 0 Å². The number of hydrogen-bond acceptors (Lipinski definition) is 2. The monoisotopic (exact) mass is 307 g/mol. The molecule has 0 bridgehead atoms. The van der Waals surface area contributed by atoms with Gasteiger partial charge in [-0.05, 0) is 39.0 Å². The molecule has 0 saturated carbocycles. The molecule has 1 unspecified atom stereocenters. The summed E-state index contributed by atoms with van der Waals surface area (Å²) >= 11 is 0. The lowest BCUT2D eigenvalue weighted by atomic mass is 10.1. The van der Waals surface area contributed by atoms with Crippen molar-refractivity contribution in [3.05, 3.63) is 29.3 Å². The van der Waals surface area contributed by atoms with E-state index < -0.39 is 27.5 Å². The van der Waals surface area contributed by atoms with Crippen LogP contribution in [0.1, 0.15) is 31.9 Å². The van der Waals surface area contributed by atoms with Gasteiger partial charge in [0.05, 0.1) is 17.4 Å². The molecule has 1 atom stereocenters. The highest BCUT2D eigenvalue weighted by Gasteiger charge is 2.33. The molecular weight excluding hydrogens is 291 g/mol. The fourth-order valence-corrected chi connectivity index (χ4v) is 1.82. The van der Waals surface area contributed by atoms with Crippen molar-refractivity contribution >= 4 is 17.2 Å². The van der Waals surface area contributed by atoms with Crippen LogP contribution in [0.4, 0.5) is 13.2 Å². The van der Waals surface area contributed by atoms with E-state index in [9.17, 15) is 17.4 Å². The van der Waals surface area contributed by atoms with E-state index in [1.54, 1.807) is 20.8 Å². The molecule has 0 spiro atoms. The fraction of sp³-hybridized carbons (Fsp3) is 0.462. The zero-order chi connectivity index (χ0) is 15.6. The minimum Gasteiger partial charge on any atom is -0.497 e. The Morgan fingerprint density at radius 3 is 2.30 bits per heavy atom. The molecule has 0 N–H and O–H groups in total. The van der Waals surface area contributed by atoms with Gasteiger partial charge in [0.1, 0.15) is 16.7 Å². The van der Waals surface area contributed by atoms with Crippen molar-refractivity contribution in [2.24, 2.45) is 4.40 Å². The van der Waals surface area contributed by atoms with Gasteiger partial charge in [-0.3, -0.25) is 0 Å². The summed E-state index contributed by atoms with van der Waals surface area (Å²) in [6, 6.07) is 3.35. The Morgan fingerprint density at radius 2 is 1.85 bits per heavy atom. The standard InChI is InChI=1S/C13H16F3NO2S/c1-12(2,3)20(18)17-8-9-7-10(19-4)5-6-11(9)13(14,15)16/h5-8H,1-4H3. The van der Waals surface area contributed by atoms with Crippen molar-refractivity contribution in [2.45, 2.75) is 31.7 Å². The Bertz CT molecular complexity index is 533. The molecule has 3 nitrogen and oxygen atoms in total. The maximum absolute atomic E-state index is 12.9. The molecule has 0 amide bonds. The molecule has 0 aliphatic heterocycles. The first kappa shape index (κ1) is 16.7. The summed E-state index contributed by atoms with van der Waals surface area (Å²) in [5, 5.41) is 0. The van der Waals surface area contributed by atoms with Gasteiger partial charge in [-0.2, -0.15) is 17.6 Å². The normalized spacial score (nSPS) is 14.6. The first-order chi connectivity index (χ1) is 9.05. The summed E-state index contributed by atoms with van der Waals surface area (Å²) in [4.78, 5) is 0. The summed E-state index contributed by atoms with van der Waals surface area (Å²) in [6.07, 6.45) is -3.52. The Morgan fingerprint density at radius 1 is 1.25 bits per heavy atom. The summed E-state index contributed by atoms with van der Waals surface area (Å²) in [6.45, 7) is 5.07. The lowest BCUT2D eigenvalue weighted by Crippen LogP contribution is -2.20. The zero-order valence-corrected chi connectivity index (χ0v) is 12.4. The van der Waals surface area contributed by atoms with Crippen LogP contribution in [0.5, 0.6) is 5.75 Å². The van der Waals surface area contributed by atoms with Crippen molar-refractivity contribution in [2.75, 3.05) is 7.11 Å². The van der Waals surface area contributed by atoms with Gasteiger partial charge in [0.15, 0.2) is 0 Å². The summed E-state index contributed by atoms with van der Waals surface area (Å²) in [5.74, 6) is 0.279. The third-order valence-corrected chi connectivity index (χ3v) is 3.72. The Hall–Kier alpha value is -1.37. The van der Waals surface area contributed by atoms with Gasteiger partial charge >= 0.3 is 6.18 Å². The molecule has 0 saturated heterocycles. The first-order valence-electron chi connectivity index (χ1n) is 5.77. The Labute approximate surface area is 118 Å². The molecule has 0 heterocycles. The second-order valence-electron chi connectivity index (χ2n) is 5.05. The molecule has 0 fully saturated rings. The summed E-state index contributed by atoms with van der Waals surface area (Å²) in [5.41, 5.74) is -1.01. The van der Waals surface area contributed by atoms with Crippen molar-refractivity contribution in [3.63, 3.8) is 0 Å². The molecule has 112 valence electrons. The maximum Gasteiger partial charge on any atom is 0.417 e. The highest BCUT2D eigenvalue weighted by Crippen LogP contribution is 2.33. The largest absolute Gasteiger partial charge is 0.497 e. The lowest BCUT2D eigenvalue weighted by molar-refractivity contribution is -0.137. The van der Waals surface area contributed by atoms with Crippen LogP contribution < -0.4 is 4.74 Å². The van der Waals surface area contributed by atoms with Crippen molar-refractivity contribution in [3.8, 4) is 5.75 Å². The predicted octanol–water partition coefficient (Wildman–Crippen LogP) is 3.60. The third-order valence-electron chi connectivity index (χ3n) is 2.38. The van der Waals surface area contributed by atoms with Gasteiger partial charge < -0.3 is 4.74 Å². The lowest BCUT2D eigenvalue weighted by Gasteiger charge is -2.14. The van der Waals surface area contributed by atoms with Crippen LogP contribution in [0.2, 0.25) is 0 Å². The van der Waals surface area contributed by atoms with E-state index in [1.807, 2.05) is 0 Å². The second kappa shape index (κ2) is 5.95. The highest BCUT2D eigenvalue weighted by molar-refractivity contribution is 7.85. The van der Waals surface area contributed by atoms with Gasteiger partial charge in [-0.15, -0.1) is 0 Å². The number of ether oxygens (including phenoxy) is 1. The Balaban J connectivity index is 3.21. The molecule has 1 aromatic rings. The molecule has 0 aliphatic rings. The van der Waals surface area contributed by atoms with E-state index in [0.717, 1.165) is 12.3 Å². The maximum atomic E-state index is 12.9. The average molecular weight is 307 g/mol. The van der Waals surface area contributed by atoms with E-state index >= 15 is 0 Å². The SMILES string of the molecule is COc1ccc(C(F)(F)F)c(C=NS(=O)C(C)(C)C)c1. The van der Waals surface area contributed by atoms with Crippen LogP contribution in [-0.2, 0) is 17.2 Å². The molecule has 1 rings (SSSR count). The second-order valence-corrected chi connectivity index (χ2v) is 6.98. The molecule has 0 aromatic heterocycles. The molecule has 1 aromatic carbocycles. The molecule has 7 heteroatoms. The van der Waals surface area contributed by atoms with E-state index in [-0.39, 0.29) is 11.3 Å². The van der Waals surface area contributed by atoms with Gasteiger partial charge in [0.2, 0.25) is 0 Å². The van der Waals surface area contributed by atoms with E-state index in [4.69, 9.17) is 4.74 Å². The van der Waals surface area contributed by atoms with E-state index in [1.165, 1.54) is 19.2 Å². The van der Waals surface area contributed by atoms with E-state index in [2.05, 4.69) is 4.40 Å². The number of benzene rings is 1. The molecular formula is C13H16F3NO2S. The van der Waals surface area contributed by atoms with Crippen LogP contribution in [0.15, 0.2) is 22.6 Å². The van der Waals surface area contributed by atoms with E-state index in [0.29, 0.717) is 0 Å². The van der Waals surface area contributed by atoms with Gasteiger partial charge in [-0.1, -0.05) is 0 Å². The summed E-state index contributed by atoms with van der Waals surface area (Å²) in [7, 11) is -0.262. The van der Waals surface area contributed by atoms with Crippen molar-refractivity contribution in [1.82, 2.24) is 0 Å². The van der Waals surface area contributed by atoms with Gasteiger partial charge in [0, 0.05) is 11.8 Å². The van der Waals surface area contributed by atoms with Crippen LogP contribution >= 0.6 is 0 Å². The smallest absolute Gasteiger partial charge is 0.417 e. The molecule has 0 aliphatic carbocycles. The topological polar surface area (TPSA) is 38.7 Å². The number of alkyl halides is 3. The van der Waals surface area contributed by atoms with Crippen molar-refractivity contribution in [1.29, 1.82) is 0 Å². The number of nitrogens with zero attached hydrogens (tertiary/aromatic N) is 1. The number of methoxy groups -OCH3 is 1. The highest BCUT2D eigenvalue weighted by atomic mass is 32.2. The first-order valence-corrected chi connectivity index (χ1v) is 6.87. The fourth-order valence-electron chi connectivity index (χ4n) is 1.30. The average Bonchev–Trinajstić information content (AvgIpc) is 2.33. The summed E-state index contributed by atoms with van der Waals surface area (Å²) < 4.78 is 58.3. The predicted molar refractivity (Wildman–Crippen MR) is 73.5 cm³/mol. The Kier molecular flexibility index (Phi) is 4.96. The zero-order valence-electron chi connectivity index (χ0n) is 11.6. The van der Waals surface area contributed by atoms with Crippen LogP contribution in [0.25, 0.3) is 0 Å².